The van der Waals surface area contributed by atoms with Gasteiger partial charge in [-0.15, -0.1) is 0 Å². The van der Waals surface area contributed by atoms with E-state index in [1.165, 1.54) is 19.1 Å². The standard InChI is InChI=1S/C10H9BrO4/c1-6(12)15-5-8-3-2-7(10(13)14)4-9(8)11/h2-4H,5H2,1H3,(H,13,14). The third-order valence-corrected chi connectivity index (χ3v) is 2.47. The van der Waals surface area contributed by atoms with Crippen LogP contribution in [0.15, 0.2) is 22.7 Å². The molecule has 0 aliphatic carbocycles. The zero-order chi connectivity index (χ0) is 11.4. The topological polar surface area (TPSA) is 63.6 Å². The van der Waals surface area contributed by atoms with E-state index in [1.54, 1.807) is 6.07 Å². The number of carbonyl (C=O) groups excluding carboxylic acids is 1. The summed E-state index contributed by atoms with van der Waals surface area (Å²) >= 11 is 3.21. The quantitative estimate of drug-likeness (QED) is 0.857. The highest BCUT2D eigenvalue weighted by molar-refractivity contribution is 9.10. The van der Waals surface area contributed by atoms with E-state index in [2.05, 4.69) is 15.9 Å². The van der Waals surface area contributed by atoms with Crippen LogP contribution in [0.1, 0.15) is 22.8 Å². The van der Waals surface area contributed by atoms with Gasteiger partial charge in [-0.1, -0.05) is 22.0 Å². The Bertz CT molecular complexity index is 400. The number of benzene rings is 1. The molecule has 1 aromatic carbocycles. The Hall–Kier alpha value is -1.36. The Morgan fingerprint density at radius 3 is 2.60 bits per heavy atom. The summed E-state index contributed by atoms with van der Waals surface area (Å²) in [4.78, 5) is 21.2. The molecule has 0 atom stereocenters. The van der Waals surface area contributed by atoms with Crippen LogP contribution in [0.4, 0.5) is 0 Å². The second-order valence-electron chi connectivity index (χ2n) is 2.89. The Morgan fingerprint density at radius 1 is 1.47 bits per heavy atom. The van der Waals surface area contributed by atoms with Gasteiger partial charge in [-0.3, -0.25) is 4.79 Å². The van der Waals surface area contributed by atoms with Gasteiger partial charge in [0, 0.05) is 17.0 Å². The number of carboxylic acid groups (broad SMARTS) is 1. The number of ether oxygens (including phenoxy) is 1. The molecule has 1 rings (SSSR count). The smallest absolute Gasteiger partial charge is 0.335 e. The third-order valence-electron chi connectivity index (χ3n) is 1.73. The van der Waals surface area contributed by atoms with Crippen molar-refractivity contribution in [3.63, 3.8) is 0 Å². The summed E-state index contributed by atoms with van der Waals surface area (Å²) in [5, 5.41) is 8.71. The van der Waals surface area contributed by atoms with Crippen molar-refractivity contribution in [1.82, 2.24) is 0 Å². The molecule has 5 heteroatoms. The van der Waals surface area contributed by atoms with Crippen LogP contribution in [0.25, 0.3) is 0 Å². The van der Waals surface area contributed by atoms with E-state index in [-0.39, 0.29) is 18.1 Å². The predicted molar refractivity (Wildman–Crippen MR) is 56.6 cm³/mol. The molecule has 0 fully saturated rings. The highest BCUT2D eigenvalue weighted by atomic mass is 79.9. The molecule has 0 unspecified atom stereocenters. The van der Waals surface area contributed by atoms with Crippen LogP contribution in [0.3, 0.4) is 0 Å². The van der Waals surface area contributed by atoms with Crippen molar-refractivity contribution in [1.29, 1.82) is 0 Å². The van der Waals surface area contributed by atoms with Crippen LogP contribution in [-0.2, 0) is 16.1 Å². The minimum atomic E-state index is -0.991. The van der Waals surface area contributed by atoms with Gasteiger partial charge in [0.15, 0.2) is 0 Å². The van der Waals surface area contributed by atoms with Gasteiger partial charge >= 0.3 is 11.9 Å². The molecule has 4 nitrogen and oxygen atoms in total. The van der Waals surface area contributed by atoms with Gasteiger partial charge < -0.3 is 9.84 Å². The maximum Gasteiger partial charge on any atom is 0.335 e. The fourth-order valence-electron chi connectivity index (χ4n) is 0.977. The summed E-state index contributed by atoms with van der Waals surface area (Å²) in [6.45, 7) is 1.45. The zero-order valence-electron chi connectivity index (χ0n) is 7.99. The number of aromatic carboxylic acids is 1. The summed E-state index contributed by atoms with van der Waals surface area (Å²) in [6, 6.07) is 4.55. The molecular weight excluding hydrogens is 264 g/mol. The van der Waals surface area contributed by atoms with E-state index in [1.807, 2.05) is 0 Å². The Labute approximate surface area is 95.0 Å². The van der Waals surface area contributed by atoms with E-state index in [0.717, 1.165) is 5.56 Å². The number of hydrogen-bond acceptors (Lipinski definition) is 3. The maximum atomic E-state index is 10.6. The molecule has 80 valence electrons. The molecule has 1 aromatic rings. The second kappa shape index (κ2) is 4.93. The molecular formula is C10H9BrO4. The number of hydrogen-bond donors (Lipinski definition) is 1. The fourth-order valence-corrected chi connectivity index (χ4v) is 1.47. The van der Waals surface area contributed by atoms with Gasteiger partial charge in [0.2, 0.25) is 0 Å². The molecule has 0 aliphatic rings. The molecule has 0 heterocycles. The first-order chi connectivity index (χ1) is 7.00. The summed E-state index contributed by atoms with van der Waals surface area (Å²) in [6.07, 6.45) is 0. The van der Waals surface area contributed by atoms with Gasteiger partial charge in [0.1, 0.15) is 6.61 Å². The predicted octanol–water partition coefficient (Wildman–Crippen LogP) is 2.21. The van der Waals surface area contributed by atoms with E-state index < -0.39 is 5.97 Å². The molecule has 0 spiro atoms. The molecule has 15 heavy (non-hydrogen) atoms. The number of carbonyl (C=O) groups is 2. The molecule has 0 saturated heterocycles. The van der Waals surface area contributed by atoms with Crippen LogP contribution < -0.4 is 0 Å². The number of rotatable bonds is 3. The average Bonchev–Trinajstić information content (AvgIpc) is 2.15. The van der Waals surface area contributed by atoms with Crippen LogP contribution in [0.2, 0.25) is 0 Å². The van der Waals surface area contributed by atoms with Gasteiger partial charge in [-0.2, -0.15) is 0 Å². The lowest BCUT2D eigenvalue weighted by molar-refractivity contribution is -0.142. The monoisotopic (exact) mass is 272 g/mol. The van der Waals surface area contributed by atoms with Crippen molar-refractivity contribution >= 4 is 27.9 Å². The van der Waals surface area contributed by atoms with Crippen molar-refractivity contribution in [2.75, 3.05) is 0 Å². The normalized spacial score (nSPS) is 9.73. The highest BCUT2D eigenvalue weighted by Crippen LogP contribution is 2.19. The van der Waals surface area contributed by atoms with Crippen LogP contribution in [-0.4, -0.2) is 17.0 Å². The van der Waals surface area contributed by atoms with E-state index in [0.29, 0.717) is 4.47 Å². The molecule has 0 aromatic heterocycles. The van der Waals surface area contributed by atoms with Crippen molar-refractivity contribution < 1.29 is 19.4 Å². The van der Waals surface area contributed by atoms with Gasteiger partial charge in [-0.05, 0) is 12.1 Å². The van der Waals surface area contributed by atoms with Gasteiger partial charge in [0.05, 0.1) is 5.56 Å². The molecule has 0 saturated carbocycles. The number of carboxylic acids is 1. The highest BCUT2D eigenvalue weighted by Gasteiger charge is 2.07. The number of halogens is 1. The average molecular weight is 273 g/mol. The SMILES string of the molecule is CC(=O)OCc1ccc(C(=O)O)cc1Br. The number of esters is 1. The van der Waals surface area contributed by atoms with Crippen LogP contribution in [0, 0.1) is 0 Å². The van der Waals surface area contributed by atoms with Crippen molar-refractivity contribution in [2.24, 2.45) is 0 Å². The molecule has 0 amide bonds. The first-order valence-electron chi connectivity index (χ1n) is 4.16. The lowest BCUT2D eigenvalue weighted by Crippen LogP contribution is -2.01. The van der Waals surface area contributed by atoms with Crippen molar-refractivity contribution in [2.45, 2.75) is 13.5 Å². The lowest BCUT2D eigenvalue weighted by atomic mass is 10.1. The largest absolute Gasteiger partial charge is 0.478 e. The molecule has 0 aliphatic heterocycles. The summed E-state index contributed by atoms with van der Waals surface area (Å²) in [7, 11) is 0. The minimum Gasteiger partial charge on any atom is -0.478 e. The first kappa shape index (κ1) is 11.7. The third kappa shape index (κ3) is 3.36. The van der Waals surface area contributed by atoms with E-state index >= 15 is 0 Å². The second-order valence-corrected chi connectivity index (χ2v) is 3.75. The van der Waals surface area contributed by atoms with E-state index in [4.69, 9.17) is 9.84 Å². The minimum absolute atomic E-state index is 0.135. The van der Waals surface area contributed by atoms with Crippen LogP contribution >= 0.6 is 15.9 Å². The van der Waals surface area contributed by atoms with Crippen molar-refractivity contribution in [3.8, 4) is 0 Å². The van der Waals surface area contributed by atoms with Gasteiger partial charge in [0.25, 0.3) is 0 Å². The zero-order valence-corrected chi connectivity index (χ0v) is 9.58. The molecule has 1 N–H and O–H groups in total. The molecule has 0 radical (unpaired) electrons. The fraction of sp³-hybridized carbons (Fsp3) is 0.200. The first-order valence-corrected chi connectivity index (χ1v) is 4.95. The Kier molecular flexibility index (Phi) is 3.85. The summed E-state index contributed by atoms with van der Waals surface area (Å²) < 4.78 is 5.41. The lowest BCUT2D eigenvalue weighted by Gasteiger charge is -2.05. The molecule has 0 bridgehead atoms. The Balaban J connectivity index is 2.83. The van der Waals surface area contributed by atoms with Crippen molar-refractivity contribution in [3.05, 3.63) is 33.8 Å². The van der Waals surface area contributed by atoms with Crippen LogP contribution in [0.5, 0.6) is 0 Å². The van der Waals surface area contributed by atoms with Gasteiger partial charge in [-0.25, -0.2) is 4.79 Å². The summed E-state index contributed by atoms with van der Waals surface area (Å²) in [5.41, 5.74) is 0.920. The maximum absolute atomic E-state index is 10.6. The summed E-state index contributed by atoms with van der Waals surface area (Å²) in [5.74, 6) is -1.36. The van der Waals surface area contributed by atoms with E-state index in [9.17, 15) is 9.59 Å². The Morgan fingerprint density at radius 2 is 2.13 bits per heavy atom.